The maximum absolute atomic E-state index is 5.91. The maximum Gasteiger partial charge on any atom is 0.219 e. The highest BCUT2D eigenvalue weighted by Crippen LogP contribution is 2.23. The van der Waals surface area contributed by atoms with E-state index in [-0.39, 0.29) is 5.95 Å². The first-order valence-electron chi connectivity index (χ1n) is 3.97. The Labute approximate surface area is 85.4 Å². The van der Waals surface area contributed by atoms with E-state index in [0.29, 0.717) is 10.8 Å². The third-order valence-electron chi connectivity index (χ3n) is 1.72. The minimum Gasteiger partial charge on any atom is -0.368 e. The fraction of sp³-hybridized carbons (Fsp3) is 0.125. The number of imidazole rings is 1. The van der Waals surface area contributed by atoms with Gasteiger partial charge in [0.05, 0.1) is 0 Å². The molecule has 0 saturated carbocycles. The third-order valence-corrected chi connectivity index (χ3v) is 2.00. The van der Waals surface area contributed by atoms with E-state index in [2.05, 4.69) is 19.9 Å². The normalized spacial score (nSPS) is 10.4. The van der Waals surface area contributed by atoms with E-state index in [0.717, 1.165) is 11.4 Å². The molecule has 2 aromatic rings. The number of nitrogens with one attached hydrogen (secondary N) is 1. The average molecular weight is 210 g/mol. The summed E-state index contributed by atoms with van der Waals surface area (Å²) in [6, 6.07) is 0. The first-order chi connectivity index (χ1) is 6.66. The first kappa shape index (κ1) is 8.96. The fourth-order valence-corrected chi connectivity index (χ4v) is 1.40. The van der Waals surface area contributed by atoms with Gasteiger partial charge in [0.1, 0.15) is 16.7 Å². The molecule has 0 bridgehead atoms. The molecule has 0 aliphatic rings. The lowest BCUT2D eigenvalue weighted by Gasteiger charge is -1.96. The van der Waals surface area contributed by atoms with Gasteiger partial charge in [-0.15, -0.1) is 0 Å². The van der Waals surface area contributed by atoms with Gasteiger partial charge in [0.2, 0.25) is 5.95 Å². The number of hydrogen-bond acceptors (Lipinski definition) is 4. The van der Waals surface area contributed by atoms with Crippen molar-refractivity contribution in [3.8, 4) is 11.3 Å². The Morgan fingerprint density at radius 3 is 2.50 bits per heavy atom. The van der Waals surface area contributed by atoms with E-state index in [4.69, 9.17) is 17.3 Å². The van der Waals surface area contributed by atoms with Crippen molar-refractivity contribution in [1.82, 2.24) is 19.9 Å². The molecule has 0 aliphatic carbocycles. The van der Waals surface area contributed by atoms with E-state index in [1.807, 2.05) is 6.92 Å². The van der Waals surface area contributed by atoms with Gasteiger partial charge in [-0.05, 0) is 6.92 Å². The fourth-order valence-electron chi connectivity index (χ4n) is 1.11. The van der Waals surface area contributed by atoms with Gasteiger partial charge in [-0.3, -0.25) is 0 Å². The van der Waals surface area contributed by atoms with Crippen LogP contribution < -0.4 is 5.73 Å². The summed E-state index contributed by atoms with van der Waals surface area (Å²) >= 11 is 5.91. The molecule has 2 heterocycles. The Morgan fingerprint density at radius 1 is 1.36 bits per heavy atom. The molecule has 0 aliphatic heterocycles. The van der Waals surface area contributed by atoms with E-state index in [1.54, 1.807) is 12.4 Å². The Bertz CT molecular complexity index is 447. The molecule has 6 heteroatoms. The molecule has 3 N–H and O–H groups in total. The van der Waals surface area contributed by atoms with E-state index >= 15 is 0 Å². The van der Waals surface area contributed by atoms with Crippen LogP contribution in [0.25, 0.3) is 11.3 Å². The summed E-state index contributed by atoms with van der Waals surface area (Å²) in [5.41, 5.74) is 6.75. The number of rotatable bonds is 1. The van der Waals surface area contributed by atoms with Crippen molar-refractivity contribution in [2.75, 3.05) is 5.73 Å². The van der Waals surface area contributed by atoms with Gasteiger partial charge in [-0.25, -0.2) is 15.0 Å². The number of H-pyrrole nitrogens is 1. The monoisotopic (exact) mass is 209 g/mol. The maximum atomic E-state index is 5.91. The highest BCUT2D eigenvalue weighted by atomic mass is 35.5. The molecule has 0 spiro atoms. The van der Waals surface area contributed by atoms with Crippen LogP contribution in [-0.4, -0.2) is 19.9 Å². The molecule has 2 rings (SSSR count). The number of aromatic amines is 1. The summed E-state index contributed by atoms with van der Waals surface area (Å²) in [6.45, 7) is 1.83. The van der Waals surface area contributed by atoms with E-state index in [1.165, 1.54) is 0 Å². The van der Waals surface area contributed by atoms with Crippen LogP contribution in [0.2, 0.25) is 5.15 Å². The second kappa shape index (κ2) is 3.26. The molecule has 0 atom stereocenters. The number of nitrogens with two attached hydrogens (primary N) is 1. The van der Waals surface area contributed by atoms with Crippen LogP contribution >= 0.6 is 11.6 Å². The number of anilines is 1. The molecule has 0 amide bonds. The van der Waals surface area contributed by atoms with Crippen molar-refractivity contribution in [3.63, 3.8) is 0 Å². The van der Waals surface area contributed by atoms with Crippen LogP contribution in [0.15, 0.2) is 12.4 Å². The molecule has 14 heavy (non-hydrogen) atoms. The minimum absolute atomic E-state index is 0.233. The molecule has 0 aromatic carbocycles. The van der Waals surface area contributed by atoms with Crippen LogP contribution in [0.3, 0.4) is 0 Å². The van der Waals surface area contributed by atoms with Gasteiger partial charge in [-0.1, -0.05) is 11.6 Å². The zero-order valence-electron chi connectivity index (χ0n) is 7.45. The lowest BCUT2D eigenvalue weighted by molar-refractivity contribution is 1.14. The van der Waals surface area contributed by atoms with Crippen molar-refractivity contribution in [2.45, 2.75) is 6.92 Å². The molecule has 0 fully saturated rings. The van der Waals surface area contributed by atoms with Gasteiger partial charge in [0.25, 0.3) is 0 Å². The summed E-state index contributed by atoms with van der Waals surface area (Å²) in [5, 5.41) is 0.482. The van der Waals surface area contributed by atoms with Crippen LogP contribution in [0.5, 0.6) is 0 Å². The molecule has 5 nitrogen and oxygen atoms in total. The second-order valence-corrected chi connectivity index (χ2v) is 3.19. The van der Waals surface area contributed by atoms with Gasteiger partial charge < -0.3 is 10.7 Å². The summed E-state index contributed by atoms with van der Waals surface area (Å²) in [5.74, 6) is 0.985. The average Bonchev–Trinajstić information content (AvgIpc) is 2.47. The van der Waals surface area contributed by atoms with E-state index < -0.39 is 0 Å². The summed E-state index contributed by atoms with van der Waals surface area (Å²) in [4.78, 5) is 14.8. The van der Waals surface area contributed by atoms with Crippen LogP contribution in [-0.2, 0) is 0 Å². The smallest absolute Gasteiger partial charge is 0.219 e. The van der Waals surface area contributed by atoms with Crippen molar-refractivity contribution in [2.24, 2.45) is 0 Å². The Balaban J connectivity index is 2.49. The van der Waals surface area contributed by atoms with Crippen LogP contribution in [0.1, 0.15) is 5.82 Å². The summed E-state index contributed by atoms with van der Waals surface area (Å²) in [6.07, 6.45) is 3.17. The predicted molar refractivity (Wildman–Crippen MR) is 53.8 cm³/mol. The zero-order chi connectivity index (χ0) is 10.1. The highest BCUT2D eigenvalue weighted by Gasteiger charge is 2.08. The number of aryl methyl sites for hydroxylation is 1. The Kier molecular flexibility index (Phi) is 2.09. The lowest BCUT2D eigenvalue weighted by atomic mass is 10.3. The molecule has 0 unspecified atom stereocenters. The number of halogens is 1. The molecule has 0 radical (unpaired) electrons. The second-order valence-electron chi connectivity index (χ2n) is 2.81. The Hall–Kier alpha value is -1.62. The minimum atomic E-state index is 0.233. The van der Waals surface area contributed by atoms with Crippen LogP contribution in [0, 0.1) is 6.92 Å². The van der Waals surface area contributed by atoms with Gasteiger partial charge >= 0.3 is 0 Å². The number of nitrogens with zero attached hydrogens (tertiary/aromatic N) is 3. The molecular formula is C8H8ClN5. The SMILES string of the molecule is Cc1nc(-c2cnc(N)nc2)c(Cl)[nH]1. The van der Waals surface area contributed by atoms with Gasteiger partial charge in [0.15, 0.2) is 0 Å². The molecular weight excluding hydrogens is 202 g/mol. The van der Waals surface area contributed by atoms with Gasteiger partial charge in [-0.2, -0.15) is 0 Å². The molecule has 0 saturated heterocycles. The third kappa shape index (κ3) is 1.54. The summed E-state index contributed by atoms with van der Waals surface area (Å²) < 4.78 is 0. The van der Waals surface area contributed by atoms with Crippen molar-refractivity contribution in [3.05, 3.63) is 23.4 Å². The summed E-state index contributed by atoms with van der Waals surface area (Å²) in [7, 11) is 0. The highest BCUT2D eigenvalue weighted by molar-refractivity contribution is 6.31. The lowest BCUT2D eigenvalue weighted by Crippen LogP contribution is -1.93. The predicted octanol–water partition coefficient (Wildman–Crippen LogP) is 1.41. The molecule has 2 aromatic heterocycles. The number of hydrogen-bond donors (Lipinski definition) is 2. The van der Waals surface area contributed by atoms with Crippen molar-refractivity contribution < 1.29 is 0 Å². The van der Waals surface area contributed by atoms with Gasteiger partial charge in [0, 0.05) is 18.0 Å². The zero-order valence-corrected chi connectivity index (χ0v) is 8.21. The van der Waals surface area contributed by atoms with Crippen molar-refractivity contribution in [1.29, 1.82) is 0 Å². The number of aromatic nitrogens is 4. The molecule has 72 valence electrons. The van der Waals surface area contributed by atoms with Crippen LogP contribution in [0.4, 0.5) is 5.95 Å². The topological polar surface area (TPSA) is 80.5 Å². The van der Waals surface area contributed by atoms with E-state index in [9.17, 15) is 0 Å². The first-order valence-corrected chi connectivity index (χ1v) is 4.34. The Morgan fingerprint density at radius 2 is 2.00 bits per heavy atom. The standard InChI is InChI=1S/C8H8ClN5/c1-4-13-6(7(9)14-4)5-2-11-8(10)12-3-5/h2-3H,1H3,(H,13,14)(H2,10,11,12). The largest absolute Gasteiger partial charge is 0.368 e. The van der Waals surface area contributed by atoms with Crippen molar-refractivity contribution >= 4 is 17.5 Å². The number of nitrogen functional groups attached to an aromatic ring is 1. The quantitative estimate of drug-likeness (QED) is 0.744.